The molecule has 6 N–H and O–H groups in total. The Balaban J connectivity index is -0.0000000250. The third kappa shape index (κ3) is 23.5. The Hall–Kier alpha value is 1.64. The fraction of sp³-hybridized carbons (Fsp3) is 1.00. The molecule has 0 saturated heterocycles. The molecule has 0 fully saturated rings. The second-order valence-electron chi connectivity index (χ2n) is 2.04. The molecule has 0 aromatic carbocycles. The van der Waals surface area contributed by atoms with Gasteiger partial charge in [0, 0.05) is 19.5 Å². The fourth-order valence-corrected chi connectivity index (χ4v) is 0.115. The van der Waals surface area contributed by atoms with E-state index in [2.05, 4.69) is 0 Å². The Bertz CT molecular complexity index is 79.4. The van der Waals surface area contributed by atoms with Gasteiger partial charge < -0.3 is 33.5 Å². The van der Waals surface area contributed by atoms with E-state index in [4.69, 9.17) is 30.6 Å². The molecule has 0 radical (unpaired) electrons. The molecule has 0 heterocycles. The summed E-state index contributed by atoms with van der Waals surface area (Å²) < 4.78 is 0. The van der Waals surface area contributed by atoms with Crippen molar-refractivity contribution in [3.8, 4) is 0 Å². The van der Waals surface area contributed by atoms with E-state index in [1.165, 1.54) is 0 Å². The molecule has 0 aromatic rings. The molecule has 0 unspecified atom stereocenters. The smallest absolute Gasteiger partial charge is 1.00 e. The summed E-state index contributed by atoms with van der Waals surface area (Å²) in [5, 5.41) is 48.0. The van der Waals surface area contributed by atoms with Crippen molar-refractivity contribution in [1.82, 2.24) is 0 Å². The van der Waals surface area contributed by atoms with E-state index in [1.54, 1.807) is 0 Å². The summed E-state index contributed by atoms with van der Waals surface area (Å²) >= 11 is 0. The van der Waals surface area contributed by atoms with Crippen LogP contribution in [0.3, 0.4) is 0 Å². The molecule has 0 rings (SSSR count). The first-order valence-corrected chi connectivity index (χ1v) is 3.41. The van der Waals surface area contributed by atoms with Gasteiger partial charge in [0.15, 0.2) is 0 Å². The van der Waals surface area contributed by atoms with Gasteiger partial charge in [-0.15, -0.1) is 0 Å². The molecule has 0 aliphatic rings. The third-order valence-corrected chi connectivity index (χ3v) is 0.843. The van der Waals surface area contributed by atoms with Crippen molar-refractivity contribution >= 4 is 37.7 Å². The second kappa shape index (κ2) is 20.1. The summed E-state index contributed by atoms with van der Waals surface area (Å²) in [6, 6.07) is 0. The van der Waals surface area contributed by atoms with E-state index in [1.807, 2.05) is 0 Å². The van der Waals surface area contributed by atoms with Crippen LogP contribution < -0.4 is 0 Å². The van der Waals surface area contributed by atoms with Crippen LogP contribution in [0, 0.1) is 0 Å². The Kier molecular flexibility index (Phi) is 35.5. The van der Waals surface area contributed by atoms with E-state index in [9.17, 15) is 0 Å². The SMILES string of the molecule is OCC(O)CO.OCC(O)CO.[Ca+2].[H-].[H-].[Zn]. The molecule has 6 nitrogen and oxygen atoms in total. The first-order chi connectivity index (χ1) is 5.62. The van der Waals surface area contributed by atoms with Crippen molar-refractivity contribution in [3.05, 3.63) is 0 Å². The summed E-state index contributed by atoms with van der Waals surface area (Å²) in [4.78, 5) is 0. The van der Waals surface area contributed by atoms with Crippen molar-refractivity contribution in [3.63, 3.8) is 0 Å². The van der Waals surface area contributed by atoms with E-state index in [0.717, 1.165) is 0 Å². The Morgan fingerprint density at radius 3 is 0.857 bits per heavy atom. The molecule has 0 spiro atoms. The van der Waals surface area contributed by atoms with Crippen molar-refractivity contribution in [2.45, 2.75) is 12.2 Å². The zero-order valence-corrected chi connectivity index (χ0v) is 13.3. The molecule has 0 aromatic heterocycles. The summed E-state index contributed by atoms with van der Waals surface area (Å²) in [7, 11) is 0. The molecule has 8 heteroatoms. The van der Waals surface area contributed by atoms with Crippen LogP contribution in [-0.4, -0.2) is 107 Å². The Labute approximate surface area is 128 Å². The number of aliphatic hydroxyl groups excluding tert-OH is 6. The second-order valence-corrected chi connectivity index (χ2v) is 2.04. The van der Waals surface area contributed by atoms with Crippen LogP contribution in [0.15, 0.2) is 0 Å². The van der Waals surface area contributed by atoms with Gasteiger partial charge in [0.1, 0.15) is 12.2 Å². The maximum absolute atomic E-state index is 8.17. The van der Waals surface area contributed by atoms with Crippen LogP contribution in [0.25, 0.3) is 0 Å². The van der Waals surface area contributed by atoms with Gasteiger partial charge in [-0.2, -0.15) is 0 Å². The van der Waals surface area contributed by atoms with Gasteiger partial charge in [-0.25, -0.2) is 0 Å². The molecule has 0 amide bonds. The van der Waals surface area contributed by atoms with E-state index >= 15 is 0 Å². The first-order valence-electron chi connectivity index (χ1n) is 3.41. The van der Waals surface area contributed by atoms with Gasteiger partial charge in [-0.3, -0.25) is 0 Å². The number of hydrogen-bond acceptors (Lipinski definition) is 6. The van der Waals surface area contributed by atoms with Gasteiger partial charge in [-0.05, 0) is 0 Å². The van der Waals surface area contributed by atoms with Gasteiger partial charge in [0.25, 0.3) is 0 Å². The van der Waals surface area contributed by atoms with Crippen LogP contribution in [-0.2, 0) is 19.5 Å². The van der Waals surface area contributed by atoms with E-state index in [-0.39, 0.29) is 86.5 Å². The van der Waals surface area contributed by atoms with Crippen LogP contribution in [0.5, 0.6) is 0 Å². The maximum atomic E-state index is 8.17. The molecule has 0 aliphatic heterocycles. The molecule has 14 heavy (non-hydrogen) atoms. The van der Waals surface area contributed by atoms with Gasteiger partial charge in [0.05, 0.1) is 26.4 Å². The first kappa shape index (κ1) is 24.7. The third-order valence-electron chi connectivity index (χ3n) is 0.843. The molecule has 0 bridgehead atoms. The number of hydrogen-bond donors (Lipinski definition) is 6. The van der Waals surface area contributed by atoms with E-state index < -0.39 is 12.2 Å². The van der Waals surface area contributed by atoms with Gasteiger partial charge >= 0.3 is 37.7 Å². The minimum atomic E-state index is -0.954. The van der Waals surface area contributed by atoms with Crippen LogP contribution in [0.2, 0.25) is 0 Å². The molecule has 0 aliphatic carbocycles. The number of aliphatic hydroxyl groups is 6. The van der Waals surface area contributed by atoms with Crippen LogP contribution >= 0.6 is 0 Å². The zero-order valence-electron chi connectivity index (χ0n) is 10.1. The summed E-state index contributed by atoms with van der Waals surface area (Å²) in [6.45, 7) is -1.46. The van der Waals surface area contributed by atoms with Crippen molar-refractivity contribution in [2.75, 3.05) is 26.4 Å². The largest absolute Gasteiger partial charge is 2.00 e. The molecule has 82 valence electrons. The van der Waals surface area contributed by atoms with Gasteiger partial charge in [-0.1, -0.05) is 0 Å². The van der Waals surface area contributed by atoms with Crippen molar-refractivity contribution in [1.29, 1.82) is 0 Å². The average molecular weight is 292 g/mol. The molecule has 0 atom stereocenters. The quantitative estimate of drug-likeness (QED) is 0.299. The number of rotatable bonds is 4. The monoisotopic (exact) mass is 290 g/mol. The standard InChI is InChI=1S/2C3H8O3.Ca.Zn.2H/c2*4-1-3(6)2-5;;;;/h2*3-6H,1-2H2;;;;/q;;+2;;2*-1. The zero-order chi connectivity index (χ0) is 9.98. The minimum Gasteiger partial charge on any atom is -1.00 e. The molecule has 0 saturated carbocycles. The topological polar surface area (TPSA) is 121 Å². The summed E-state index contributed by atoms with van der Waals surface area (Å²) in [5.74, 6) is 0. The normalized spacial score (nSPS) is 8.57. The minimum absolute atomic E-state index is 0. The predicted octanol–water partition coefficient (Wildman–Crippen LogP) is -3.49. The average Bonchev–Trinajstić information content (AvgIpc) is 2.16. The maximum Gasteiger partial charge on any atom is 2.00 e. The summed E-state index contributed by atoms with van der Waals surface area (Å²) in [5.41, 5.74) is 0. The van der Waals surface area contributed by atoms with Crippen molar-refractivity contribution < 1.29 is 53.0 Å². The molecular formula is C6H18CaO6Zn. The van der Waals surface area contributed by atoms with Gasteiger partial charge in [0.2, 0.25) is 0 Å². The van der Waals surface area contributed by atoms with E-state index in [0.29, 0.717) is 0 Å². The fourth-order valence-electron chi connectivity index (χ4n) is 0.115. The predicted molar refractivity (Wildman–Crippen MR) is 48.3 cm³/mol. The van der Waals surface area contributed by atoms with Crippen LogP contribution in [0.1, 0.15) is 2.85 Å². The Morgan fingerprint density at radius 2 is 0.857 bits per heavy atom. The van der Waals surface area contributed by atoms with Crippen molar-refractivity contribution in [2.24, 2.45) is 0 Å². The summed E-state index contributed by atoms with van der Waals surface area (Å²) in [6.07, 6.45) is -1.91. The van der Waals surface area contributed by atoms with Crippen LogP contribution in [0.4, 0.5) is 0 Å². The Morgan fingerprint density at radius 1 is 0.714 bits per heavy atom. The molecular weight excluding hydrogens is 274 g/mol.